The molecule has 1 aromatic carbocycles. The number of hydrogen-bond donors (Lipinski definition) is 1. The van der Waals surface area contributed by atoms with Gasteiger partial charge < -0.3 is 9.84 Å². The van der Waals surface area contributed by atoms with Gasteiger partial charge in [0.25, 0.3) is 0 Å². The Hall–Kier alpha value is -1.10. The third kappa shape index (κ3) is 3.45. The fourth-order valence-corrected chi connectivity index (χ4v) is 2.66. The van der Waals surface area contributed by atoms with Crippen LogP contribution in [0.5, 0.6) is 5.75 Å². The van der Waals surface area contributed by atoms with Gasteiger partial charge >= 0.3 is 5.97 Å². The summed E-state index contributed by atoms with van der Waals surface area (Å²) >= 11 is 3.21. The molecule has 5 heteroatoms. The lowest BCUT2D eigenvalue weighted by atomic mass is 9.87. The number of benzene rings is 1. The molecule has 3 nitrogen and oxygen atoms in total. The molecule has 1 aromatic rings. The van der Waals surface area contributed by atoms with Crippen molar-refractivity contribution in [2.75, 3.05) is 0 Å². The van der Waals surface area contributed by atoms with E-state index in [0.29, 0.717) is 35.9 Å². The molecular formula is C13H14BrFO3. The molecule has 0 radical (unpaired) electrons. The van der Waals surface area contributed by atoms with Gasteiger partial charge in [-0.05, 0) is 37.8 Å². The van der Waals surface area contributed by atoms with Crippen molar-refractivity contribution in [1.29, 1.82) is 0 Å². The van der Waals surface area contributed by atoms with Crippen molar-refractivity contribution < 1.29 is 19.0 Å². The van der Waals surface area contributed by atoms with Gasteiger partial charge in [-0.3, -0.25) is 4.79 Å². The summed E-state index contributed by atoms with van der Waals surface area (Å²) in [5.41, 5.74) is 0. The third-order valence-corrected chi connectivity index (χ3v) is 3.62. The van der Waals surface area contributed by atoms with E-state index >= 15 is 0 Å². The normalized spacial score (nSPS) is 23.7. The van der Waals surface area contributed by atoms with Gasteiger partial charge in [0.05, 0.1) is 12.0 Å². The Balaban J connectivity index is 1.93. The van der Waals surface area contributed by atoms with E-state index in [1.807, 2.05) is 0 Å². The molecular weight excluding hydrogens is 303 g/mol. The lowest BCUT2D eigenvalue weighted by molar-refractivity contribution is -0.143. The van der Waals surface area contributed by atoms with E-state index in [-0.39, 0.29) is 17.8 Å². The first-order valence-corrected chi connectivity index (χ1v) is 6.69. The molecule has 1 N–H and O–H groups in total. The highest BCUT2D eigenvalue weighted by molar-refractivity contribution is 9.10. The Bertz CT molecular complexity index is 422. The van der Waals surface area contributed by atoms with Crippen LogP contribution < -0.4 is 4.74 Å². The van der Waals surface area contributed by atoms with Crippen LogP contribution in [0.3, 0.4) is 0 Å². The van der Waals surface area contributed by atoms with Crippen LogP contribution in [-0.2, 0) is 4.79 Å². The van der Waals surface area contributed by atoms with Crippen molar-refractivity contribution in [3.05, 3.63) is 28.5 Å². The first kappa shape index (κ1) is 13.3. The van der Waals surface area contributed by atoms with Gasteiger partial charge in [0, 0.05) is 10.5 Å². The molecule has 0 atom stereocenters. The molecule has 1 aliphatic rings. The van der Waals surface area contributed by atoms with Crippen LogP contribution in [0.1, 0.15) is 25.7 Å². The predicted molar refractivity (Wildman–Crippen MR) is 68.1 cm³/mol. The molecule has 0 heterocycles. The molecule has 1 saturated carbocycles. The maximum atomic E-state index is 13.2. The lowest BCUT2D eigenvalue weighted by Crippen LogP contribution is -2.27. The highest BCUT2D eigenvalue weighted by Crippen LogP contribution is 2.29. The fourth-order valence-electron chi connectivity index (χ4n) is 2.22. The molecule has 0 spiro atoms. The van der Waals surface area contributed by atoms with Crippen molar-refractivity contribution in [2.24, 2.45) is 5.92 Å². The molecule has 2 rings (SSSR count). The Morgan fingerprint density at radius 2 is 1.94 bits per heavy atom. The molecule has 0 aliphatic heterocycles. The molecule has 1 aliphatic carbocycles. The van der Waals surface area contributed by atoms with Crippen molar-refractivity contribution in [1.82, 2.24) is 0 Å². The van der Waals surface area contributed by atoms with Crippen molar-refractivity contribution in [3.8, 4) is 5.75 Å². The summed E-state index contributed by atoms with van der Waals surface area (Å²) in [6.07, 6.45) is 2.62. The van der Waals surface area contributed by atoms with Crippen molar-refractivity contribution >= 4 is 21.9 Å². The predicted octanol–water partition coefficient (Wildman–Crippen LogP) is 3.61. The zero-order valence-electron chi connectivity index (χ0n) is 9.73. The molecule has 0 aromatic heterocycles. The van der Waals surface area contributed by atoms with Crippen LogP contribution in [0.15, 0.2) is 22.7 Å². The minimum atomic E-state index is -0.734. The standard InChI is InChI=1S/C13H14BrFO3/c14-9-5-10(15)7-12(6-9)18-11-3-1-8(2-4-11)13(16)17/h5-8,11H,1-4H2,(H,16,17). The number of rotatable bonds is 3. The lowest BCUT2D eigenvalue weighted by Gasteiger charge is -2.26. The quantitative estimate of drug-likeness (QED) is 0.926. The van der Waals surface area contributed by atoms with Gasteiger partial charge in [0.15, 0.2) is 0 Å². The third-order valence-electron chi connectivity index (χ3n) is 3.16. The van der Waals surface area contributed by atoms with E-state index in [2.05, 4.69) is 15.9 Å². The number of carboxylic acids is 1. The Kier molecular flexibility index (Phi) is 4.22. The number of carbonyl (C=O) groups is 1. The van der Waals surface area contributed by atoms with E-state index in [0.717, 1.165) is 0 Å². The van der Waals surface area contributed by atoms with Crippen LogP contribution in [-0.4, -0.2) is 17.2 Å². The first-order chi connectivity index (χ1) is 8.54. The van der Waals surface area contributed by atoms with E-state index < -0.39 is 5.97 Å². The maximum Gasteiger partial charge on any atom is 0.306 e. The Labute approximate surface area is 113 Å². The highest BCUT2D eigenvalue weighted by Gasteiger charge is 2.26. The topological polar surface area (TPSA) is 46.5 Å². The van der Waals surface area contributed by atoms with Gasteiger partial charge in [0.1, 0.15) is 11.6 Å². The second-order valence-electron chi connectivity index (χ2n) is 4.53. The molecule has 18 heavy (non-hydrogen) atoms. The minimum Gasteiger partial charge on any atom is -0.490 e. The zero-order chi connectivity index (χ0) is 13.1. The number of hydrogen-bond acceptors (Lipinski definition) is 2. The van der Waals surface area contributed by atoms with Gasteiger partial charge in [-0.15, -0.1) is 0 Å². The van der Waals surface area contributed by atoms with E-state index in [4.69, 9.17) is 9.84 Å². The van der Waals surface area contributed by atoms with E-state index in [9.17, 15) is 9.18 Å². The highest BCUT2D eigenvalue weighted by atomic mass is 79.9. The average Bonchev–Trinajstić information content (AvgIpc) is 2.28. The van der Waals surface area contributed by atoms with Gasteiger partial charge in [-0.1, -0.05) is 15.9 Å². The number of halogens is 2. The maximum absolute atomic E-state index is 13.2. The second kappa shape index (κ2) is 5.69. The molecule has 0 unspecified atom stereocenters. The molecule has 1 fully saturated rings. The molecule has 0 amide bonds. The van der Waals surface area contributed by atoms with Crippen LogP contribution in [0.2, 0.25) is 0 Å². The summed E-state index contributed by atoms with van der Waals surface area (Å²) in [7, 11) is 0. The number of ether oxygens (including phenoxy) is 1. The Morgan fingerprint density at radius 1 is 1.28 bits per heavy atom. The van der Waals surface area contributed by atoms with E-state index in [1.54, 1.807) is 6.07 Å². The summed E-state index contributed by atoms with van der Waals surface area (Å²) in [4.78, 5) is 10.8. The SMILES string of the molecule is O=C(O)C1CCC(Oc2cc(F)cc(Br)c2)CC1. The van der Waals surface area contributed by atoms with Gasteiger partial charge in [0.2, 0.25) is 0 Å². The largest absolute Gasteiger partial charge is 0.490 e. The summed E-state index contributed by atoms with van der Waals surface area (Å²) < 4.78 is 19.5. The number of aliphatic carboxylic acids is 1. The minimum absolute atomic E-state index is 0.0192. The van der Waals surface area contributed by atoms with Crippen LogP contribution in [0, 0.1) is 11.7 Å². The van der Waals surface area contributed by atoms with Crippen LogP contribution in [0.25, 0.3) is 0 Å². The van der Waals surface area contributed by atoms with E-state index in [1.165, 1.54) is 12.1 Å². The molecule has 98 valence electrons. The fraction of sp³-hybridized carbons (Fsp3) is 0.462. The first-order valence-electron chi connectivity index (χ1n) is 5.90. The van der Waals surface area contributed by atoms with Crippen molar-refractivity contribution in [2.45, 2.75) is 31.8 Å². The average molecular weight is 317 g/mol. The Morgan fingerprint density at radius 3 is 2.50 bits per heavy atom. The van der Waals surface area contributed by atoms with Crippen LogP contribution in [0.4, 0.5) is 4.39 Å². The smallest absolute Gasteiger partial charge is 0.306 e. The number of carboxylic acid groups (broad SMARTS) is 1. The van der Waals surface area contributed by atoms with Gasteiger partial charge in [-0.2, -0.15) is 0 Å². The summed E-state index contributed by atoms with van der Waals surface area (Å²) in [5, 5.41) is 8.89. The monoisotopic (exact) mass is 316 g/mol. The van der Waals surface area contributed by atoms with Gasteiger partial charge in [-0.25, -0.2) is 4.39 Å². The molecule has 0 saturated heterocycles. The summed E-state index contributed by atoms with van der Waals surface area (Å²) in [6.45, 7) is 0. The molecule has 0 bridgehead atoms. The summed E-state index contributed by atoms with van der Waals surface area (Å²) in [6, 6.07) is 4.43. The van der Waals surface area contributed by atoms with Crippen molar-refractivity contribution in [3.63, 3.8) is 0 Å². The second-order valence-corrected chi connectivity index (χ2v) is 5.45. The summed E-state index contributed by atoms with van der Waals surface area (Å²) in [5.74, 6) is -0.856. The van der Waals surface area contributed by atoms with Crippen LogP contribution >= 0.6 is 15.9 Å². The zero-order valence-corrected chi connectivity index (χ0v) is 11.3.